The van der Waals surface area contributed by atoms with Gasteiger partial charge in [0.15, 0.2) is 0 Å². The van der Waals surface area contributed by atoms with E-state index < -0.39 is 0 Å². The van der Waals surface area contributed by atoms with E-state index in [9.17, 15) is 0 Å². The first-order valence-corrected chi connectivity index (χ1v) is 3.99. The molecule has 56 valence electrons. The third-order valence-electron chi connectivity index (χ3n) is 2.24. The Kier molecular flexibility index (Phi) is 1.01. The van der Waals surface area contributed by atoms with E-state index in [1.165, 1.54) is 22.0 Å². The van der Waals surface area contributed by atoms with E-state index in [1.807, 2.05) is 0 Å². The quantitative estimate of drug-likeness (QED) is 0.613. The highest BCUT2D eigenvalue weighted by molar-refractivity contribution is 6.00. The molecule has 3 rings (SSSR count). The summed E-state index contributed by atoms with van der Waals surface area (Å²) in [5.41, 5.74) is 2.34. The van der Waals surface area contributed by atoms with Crippen LogP contribution in [0.4, 0.5) is 5.69 Å². The van der Waals surface area contributed by atoms with Crippen LogP contribution in [0.5, 0.6) is 0 Å². The third-order valence-corrected chi connectivity index (χ3v) is 2.24. The van der Waals surface area contributed by atoms with Crippen molar-refractivity contribution < 1.29 is 0 Å². The lowest BCUT2D eigenvalue weighted by Gasteiger charge is -1.98. The molecule has 0 spiro atoms. The lowest BCUT2D eigenvalue weighted by molar-refractivity contribution is 1.53. The molecule has 0 fully saturated rings. The van der Waals surface area contributed by atoms with Gasteiger partial charge in [0.2, 0.25) is 0 Å². The molecule has 12 heavy (non-hydrogen) atoms. The van der Waals surface area contributed by atoms with Gasteiger partial charge in [-0.25, -0.2) is 0 Å². The summed E-state index contributed by atoms with van der Waals surface area (Å²) >= 11 is 0. The molecule has 1 nitrogen and oxygen atoms in total. The van der Waals surface area contributed by atoms with Crippen molar-refractivity contribution >= 4 is 16.5 Å². The first-order chi connectivity index (χ1) is 5.95. The minimum absolute atomic E-state index is 1.17. The average Bonchev–Trinajstić information content (AvgIpc) is 2.52. The second kappa shape index (κ2) is 2.01. The molecule has 0 saturated heterocycles. The van der Waals surface area contributed by atoms with Gasteiger partial charge in [-0.3, -0.25) is 0 Å². The van der Waals surface area contributed by atoms with Crippen LogP contribution in [0.3, 0.4) is 0 Å². The average molecular weight is 153 g/mol. The van der Waals surface area contributed by atoms with Crippen molar-refractivity contribution in [2.45, 2.75) is 0 Å². The molecule has 1 aliphatic rings. The van der Waals surface area contributed by atoms with Crippen molar-refractivity contribution in [3.8, 4) is 0 Å². The Morgan fingerprint density at radius 3 is 2.75 bits per heavy atom. The highest BCUT2D eigenvalue weighted by atomic mass is 14.9. The molecular formula is C11H7N. The van der Waals surface area contributed by atoms with Crippen molar-refractivity contribution in [3.05, 3.63) is 48.5 Å². The van der Waals surface area contributed by atoms with Crippen LogP contribution in [0.15, 0.2) is 36.4 Å². The van der Waals surface area contributed by atoms with Gasteiger partial charge in [0.25, 0.3) is 0 Å². The second-order valence-electron chi connectivity index (χ2n) is 2.96. The van der Waals surface area contributed by atoms with Crippen LogP contribution >= 0.6 is 0 Å². The molecule has 0 unspecified atom stereocenters. The Balaban J connectivity index is 2.58. The number of nitrogens with one attached hydrogen (secondary N) is 1. The molecule has 0 amide bonds. The van der Waals surface area contributed by atoms with Crippen LogP contribution in [0, 0.1) is 6.54 Å². The molecule has 2 aromatic rings. The summed E-state index contributed by atoms with van der Waals surface area (Å²) in [6.07, 6.45) is 0. The largest absolute Gasteiger partial charge is 0.370 e. The van der Waals surface area contributed by atoms with E-state index in [4.69, 9.17) is 0 Å². The summed E-state index contributed by atoms with van der Waals surface area (Å²) in [5, 5.41) is 5.70. The predicted octanol–water partition coefficient (Wildman–Crippen LogP) is 2.65. The third kappa shape index (κ3) is 0.632. The van der Waals surface area contributed by atoms with E-state index in [1.54, 1.807) is 0 Å². The van der Waals surface area contributed by atoms with E-state index in [0.29, 0.717) is 0 Å². The maximum atomic E-state index is 3.12. The molecule has 0 atom stereocenters. The molecule has 0 aromatic heterocycles. The summed E-state index contributed by atoms with van der Waals surface area (Å²) in [6, 6.07) is 12.5. The SMILES string of the molecule is [C]1Nc2cccc3cccc1c23. The van der Waals surface area contributed by atoms with E-state index >= 15 is 0 Å². The van der Waals surface area contributed by atoms with Crippen LogP contribution in [0.1, 0.15) is 5.56 Å². The Hall–Kier alpha value is -1.50. The topological polar surface area (TPSA) is 12.0 Å². The zero-order valence-electron chi connectivity index (χ0n) is 6.46. The van der Waals surface area contributed by atoms with Gasteiger partial charge < -0.3 is 5.32 Å². The number of anilines is 1. The van der Waals surface area contributed by atoms with Crippen molar-refractivity contribution in [2.75, 3.05) is 5.32 Å². The van der Waals surface area contributed by atoms with Crippen molar-refractivity contribution in [2.24, 2.45) is 0 Å². The first kappa shape index (κ1) is 6.06. The van der Waals surface area contributed by atoms with Gasteiger partial charge in [-0.15, -0.1) is 0 Å². The highest BCUT2D eigenvalue weighted by Crippen LogP contribution is 2.33. The van der Waals surface area contributed by atoms with E-state index in [2.05, 4.69) is 48.3 Å². The Bertz CT molecular complexity index is 407. The standard InChI is InChI=1S/C11H7N/c1-3-8-4-2-6-10-11(8)9(5-1)7-12-10/h1-6,12H. The lowest BCUT2D eigenvalue weighted by Crippen LogP contribution is -1.84. The van der Waals surface area contributed by atoms with E-state index in [0.717, 1.165) is 0 Å². The molecular weight excluding hydrogens is 146 g/mol. The highest BCUT2D eigenvalue weighted by Gasteiger charge is 2.12. The van der Waals surface area contributed by atoms with Crippen LogP contribution in [-0.2, 0) is 0 Å². The molecule has 1 N–H and O–H groups in total. The number of rotatable bonds is 0. The van der Waals surface area contributed by atoms with Gasteiger partial charge in [-0.1, -0.05) is 30.3 Å². The fourth-order valence-electron chi connectivity index (χ4n) is 1.68. The van der Waals surface area contributed by atoms with Gasteiger partial charge in [0, 0.05) is 11.1 Å². The maximum absolute atomic E-state index is 3.12. The number of benzene rings is 2. The van der Waals surface area contributed by atoms with Gasteiger partial charge in [-0.2, -0.15) is 0 Å². The van der Waals surface area contributed by atoms with Gasteiger partial charge in [0.1, 0.15) is 6.54 Å². The summed E-state index contributed by atoms with van der Waals surface area (Å²) in [6.45, 7) is 3.12. The summed E-state index contributed by atoms with van der Waals surface area (Å²) in [7, 11) is 0. The van der Waals surface area contributed by atoms with Crippen LogP contribution in [0.2, 0.25) is 0 Å². The Labute approximate surface area is 71.0 Å². The van der Waals surface area contributed by atoms with Crippen molar-refractivity contribution in [1.82, 2.24) is 0 Å². The molecule has 1 heterocycles. The smallest absolute Gasteiger partial charge is 0.124 e. The lowest BCUT2D eigenvalue weighted by atomic mass is 10.1. The first-order valence-electron chi connectivity index (χ1n) is 3.99. The van der Waals surface area contributed by atoms with Gasteiger partial charge in [0.05, 0.1) is 0 Å². The van der Waals surface area contributed by atoms with Crippen LogP contribution in [-0.4, -0.2) is 0 Å². The summed E-state index contributed by atoms with van der Waals surface area (Å²) < 4.78 is 0. The zero-order chi connectivity index (χ0) is 7.97. The van der Waals surface area contributed by atoms with Gasteiger partial charge >= 0.3 is 0 Å². The molecule has 2 radical (unpaired) electrons. The van der Waals surface area contributed by atoms with E-state index in [-0.39, 0.29) is 0 Å². The van der Waals surface area contributed by atoms with Crippen molar-refractivity contribution in [3.63, 3.8) is 0 Å². The minimum Gasteiger partial charge on any atom is -0.370 e. The fourth-order valence-corrected chi connectivity index (χ4v) is 1.68. The molecule has 1 aliphatic heterocycles. The van der Waals surface area contributed by atoms with Crippen molar-refractivity contribution in [1.29, 1.82) is 0 Å². The summed E-state index contributed by atoms with van der Waals surface area (Å²) in [5.74, 6) is 0. The van der Waals surface area contributed by atoms with Crippen LogP contribution in [0.25, 0.3) is 10.8 Å². The normalized spacial score (nSPS) is 13.3. The number of hydrogen-bond acceptors (Lipinski definition) is 1. The molecule has 1 heteroatoms. The van der Waals surface area contributed by atoms with Gasteiger partial charge in [-0.05, 0) is 17.0 Å². The molecule has 0 saturated carbocycles. The number of hydrogen-bond donors (Lipinski definition) is 1. The Morgan fingerprint density at radius 1 is 1.00 bits per heavy atom. The fraction of sp³-hybridized carbons (Fsp3) is 0. The van der Waals surface area contributed by atoms with Crippen LogP contribution < -0.4 is 5.32 Å². The predicted molar refractivity (Wildman–Crippen MR) is 49.9 cm³/mol. The monoisotopic (exact) mass is 153 g/mol. The molecule has 0 aliphatic carbocycles. The molecule has 0 bridgehead atoms. The summed E-state index contributed by atoms with van der Waals surface area (Å²) in [4.78, 5) is 0. The second-order valence-corrected chi connectivity index (χ2v) is 2.96. The molecule has 2 aromatic carbocycles. The zero-order valence-corrected chi connectivity index (χ0v) is 6.46. The maximum Gasteiger partial charge on any atom is 0.124 e. The minimum atomic E-state index is 1.17. The Morgan fingerprint density at radius 2 is 1.83 bits per heavy atom.